The monoisotopic (exact) mass is 267 g/mol. The first-order valence-electron chi connectivity index (χ1n) is 6.21. The Labute approximate surface area is 112 Å². The standard InChI is InChI=1S/C12H21N5O2/c1-9(2)15-11(18)8-17-12(19)6-10(7-14-17)16(3)5-4-13/h6-7,9H,4-5,8,13H2,1-3H3,(H,15,18). The summed E-state index contributed by atoms with van der Waals surface area (Å²) in [6.45, 7) is 4.78. The maximum absolute atomic E-state index is 11.8. The zero-order valence-corrected chi connectivity index (χ0v) is 11.6. The largest absolute Gasteiger partial charge is 0.372 e. The molecule has 0 aliphatic heterocycles. The number of hydrogen-bond donors (Lipinski definition) is 2. The fourth-order valence-corrected chi connectivity index (χ4v) is 1.58. The van der Waals surface area contributed by atoms with Crippen LogP contribution in [-0.2, 0) is 11.3 Å². The number of nitrogens with one attached hydrogen (secondary N) is 1. The molecule has 7 nitrogen and oxygen atoms in total. The lowest BCUT2D eigenvalue weighted by Crippen LogP contribution is -2.37. The predicted molar refractivity (Wildman–Crippen MR) is 74.1 cm³/mol. The molecule has 0 aliphatic carbocycles. The van der Waals surface area contributed by atoms with Gasteiger partial charge in [0.2, 0.25) is 5.91 Å². The number of nitrogens with zero attached hydrogens (tertiary/aromatic N) is 3. The topological polar surface area (TPSA) is 93.2 Å². The van der Waals surface area contributed by atoms with Crippen LogP contribution in [0.4, 0.5) is 5.69 Å². The number of likely N-dealkylation sites (N-methyl/N-ethyl adjacent to an activating group) is 1. The van der Waals surface area contributed by atoms with Gasteiger partial charge in [0.25, 0.3) is 5.56 Å². The molecule has 1 aromatic heterocycles. The van der Waals surface area contributed by atoms with Gasteiger partial charge in [0, 0.05) is 32.2 Å². The summed E-state index contributed by atoms with van der Waals surface area (Å²) in [4.78, 5) is 25.2. The normalized spacial score (nSPS) is 10.6. The van der Waals surface area contributed by atoms with Crippen molar-refractivity contribution in [3.05, 3.63) is 22.6 Å². The molecule has 7 heteroatoms. The predicted octanol–water partition coefficient (Wildman–Crippen LogP) is -0.837. The molecule has 3 N–H and O–H groups in total. The van der Waals surface area contributed by atoms with Gasteiger partial charge in [0.05, 0.1) is 11.9 Å². The number of anilines is 1. The Kier molecular flexibility index (Phi) is 5.50. The first-order valence-corrected chi connectivity index (χ1v) is 6.21. The van der Waals surface area contributed by atoms with E-state index in [-0.39, 0.29) is 24.1 Å². The number of aromatic nitrogens is 2. The molecule has 19 heavy (non-hydrogen) atoms. The molecule has 0 unspecified atom stereocenters. The fraction of sp³-hybridized carbons (Fsp3) is 0.583. The fourth-order valence-electron chi connectivity index (χ4n) is 1.58. The van der Waals surface area contributed by atoms with Crippen molar-refractivity contribution in [2.45, 2.75) is 26.4 Å². The second-order valence-corrected chi connectivity index (χ2v) is 4.64. The molecule has 0 spiro atoms. The minimum Gasteiger partial charge on any atom is -0.372 e. The molecule has 1 aromatic rings. The average molecular weight is 267 g/mol. The summed E-state index contributed by atoms with van der Waals surface area (Å²) in [7, 11) is 1.83. The maximum atomic E-state index is 11.8. The summed E-state index contributed by atoms with van der Waals surface area (Å²) in [5.74, 6) is -0.229. The number of carbonyl (C=O) groups excluding carboxylic acids is 1. The summed E-state index contributed by atoms with van der Waals surface area (Å²) in [6, 6.07) is 1.49. The highest BCUT2D eigenvalue weighted by Gasteiger charge is 2.08. The Morgan fingerprint density at radius 1 is 1.58 bits per heavy atom. The Morgan fingerprint density at radius 3 is 2.79 bits per heavy atom. The van der Waals surface area contributed by atoms with Crippen molar-refractivity contribution >= 4 is 11.6 Å². The number of carbonyl (C=O) groups is 1. The second-order valence-electron chi connectivity index (χ2n) is 4.64. The minimum atomic E-state index is -0.305. The quantitative estimate of drug-likeness (QED) is 0.701. The van der Waals surface area contributed by atoms with Gasteiger partial charge >= 0.3 is 0 Å². The first-order chi connectivity index (χ1) is 8.93. The van der Waals surface area contributed by atoms with Crippen molar-refractivity contribution < 1.29 is 4.79 Å². The first kappa shape index (κ1) is 15.2. The van der Waals surface area contributed by atoms with Crippen molar-refractivity contribution in [2.24, 2.45) is 5.73 Å². The third-order valence-electron chi connectivity index (χ3n) is 2.50. The van der Waals surface area contributed by atoms with E-state index < -0.39 is 0 Å². The molecule has 0 aliphatic rings. The van der Waals surface area contributed by atoms with E-state index in [9.17, 15) is 9.59 Å². The third-order valence-corrected chi connectivity index (χ3v) is 2.50. The van der Waals surface area contributed by atoms with Crippen molar-refractivity contribution in [3.8, 4) is 0 Å². The smallest absolute Gasteiger partial charge is 0.269 e. The van der Waals surface area contributed by atoms with Crippen LogP contribution in [0.15, 0.2) is 17.1 Å². The van der Waals surface area contributed by atoms with Crippen molar-refractivity contribution in [1.82, 2.24) is 15.1 Å². The average Bonchev–Trinajstić information content (AvgIpc) is 2.31. The van der Waals surface area contributed by atoms with Gasteiger partial charge in [-0.3, -0.25) is 9.59 Å². The van der Waals surface area contributed by atoms with Crippen LogP contribution in [0, 0.1) is 0 Å². The van der Waals surface area contributed by atoms with Crippen molar-refractivity contribution in [1.29, 1.82) is 0 Å². The van der Waals surface area contributed by atoms with Crippen LogP contribution in [0.1, 0.15) is 13.8 Å². The number of hydrogen-bond acceptors (Lipinski definition) is 5. The minimum absolute atomic E-state index is 0.0400. The van der Waals surface area contributed by atoms with Gasteiger partial charge < -0.3 is 16.0 Å². The molecule has 0 aromatic carbocycles. The lowest BCUT2D eigenvalue weighted by molar-refractivity contribution is -0.122. The molecule has 106 valence electrons. The summed E-state index contributed by atoms with van der Waals surface area (Å²) in [5, 5.41) is 6.70. The van der Waals surface area contributed by atoms with Crippen LogP contribution in [0.2, 0.25) is 0 Å². The Bertz CT molecular complexity index is 483. The number of rotatable bonds is 6. The van der Waals surface area contributed by atoms with Gasteiger partial charge in [0.1, 0.15) is 6.54 Å². The van der Waals surface area contributed by atoms with Crippen molar-refractivity contribution in [2.75, 3.05) is 25.0 Å². The molecule has 0 bridgehead atoms. The van der Waals surface area contributed by atoms with E-state index >= 15 is 0 Å². The Morgan fingerprint density at radius 2 is 2.26 bits per heavy atom. The lowest BCUT2D eigenvalue weighted by Gasteiger charge is -2.17. The molecule has 0 saturated carbocycles. The van der Waals surface area contributed by atoms with Gasteiger partial charge in [0.15, 0.2) is 0 Å². The van der Waals surface area contributed by atoms with Crippen molar-refractivity contribution in [3.63, 3.8) is 0 Å². The van der Waals surface area contributed by atoms with Gasteiger partial charge in [-0.05, 0) is 13.8 Å². The summed E-state index contributed by atoms with van der Waals surface area (Å²) < 4.78 is 1.14. The molecule has 1 heterocycles. The van der Waals surface area contributed by atoms with E-state index in [2.05, 4.69) is 10.4 Å². The highest BCUT2D eigenvalue weighted by atomic mass is 16.2. The van der Waals surface area contributed by atoms with Gasteiger partial charge in [-0.15, -0.1) is 0 Å². The Balaban J connectivity index is 2.78. The summed E-state index contributed by atoms with van der Waals surface area (Å²) in [6.07, 6.45) is 1.56. The molecule has 1 rings (SSSR count). The highest BCUT2D eigenvalue weighted by Crippen LogP contribution is 2.05. The third kappa shape index (κ3) is 4.70. The van der Waals surface area contributed by atoms with Crippen LogP contribution in [0.5, 0.6) is 0 Å². The Hall–Kier alpha value is -1.89. The zero-order valence-electron chi connectivity index (χ0n) is 11.6. The highest BCUT2D eigenvalue weighted by molar-refractivity contribution is 5.75. The van der Waals surface area contributed by atoms with Gasteiger partial charge in [-0.25, -0.2) is 4.68 Å². The number of nitrogens with two attached hydrogens (primary N) is 1. The van der Waals surface area contributed by atoms with E-state index in [1.807, 2.05) is 25.8 Å². The maximum Gasteiger partial charge on any atom is 0.269 e. The summed E-state index contributed by atoms with van der Waals surface area (Å²) >= 11 is 0. The SMILES string of the molecule is CC(C)NC(=O)Cn1ncc(N(C)CCN)cc1=O. The molecule has 1 amide bonds. The molecular weight excluding hydrogens is 246 g/mol. The van der Waals surface area contributed by atoms with E-state index in [1.165, 1.54) is 6.07 Å². The molecule has 0 fully saturated rings. The second kappa shape index (κ2) is 6.89. The van der Waals surface area contributed by atoms with Crippen LogP contribution < -0.4 is 21.5 Å². The molecule has 0 atom stereocenters. The van der Waals surface area contributed by atoms with Gasteiger partial charge in [-0.2, -0.15) is 5.10 Å². The van der Waals surface area contributed by atoms with E-state index in [1.54, 1.807) is 6.20 Å². The van der Waals surface area contributed by atoms with Crippen LogP contribution in [0.3, 0.4) is 0 Å². The molecule has 0 radical (unpaired) electrons. The number of amides is 1. The zero-order chi connectivity index (χ0) is 14.4. The van der Waals surface area contributed by atoms with Crippen LogP contribution in [0.25, 0.3) is 0 Å². The van der Waals surface area contributed by atoms with Crippen LogP contribution >= 0.6 is 0 Å². The summed E-state index contributed by atoms with van der Waals surface area (Å²) in [5.41, 5.74) is 5.83. The van der Waals surface area contributed by atoms with E-state index in [0.29, 0.717) is 18.8 Å². The molecular formula is C12H21N5O2. The van der Waals surface area contributed by atoms with Crippen LogP contribution in [-0.4, -0.2) is 41.9 Å². The van der Waals surface area contributed by atoms with E-state index in [4.69, 9.17) is 5.73 Å². The van der Waals surface area contributed by atoms with E-state index in [0.717, 1.165) is 4.68 Å². The molecule has 0 saturated heterocycles. The van der Waals surface area contributed by atoms with Gasteiger partial charge in [-0.1, -0.05) is 0 Å². The lowest BCUT2D eigenvalue weighted by atomic mass is 10.4.